The summed E-state index contributed by atoms with van der Waals surface area (Å²) in [6.07, 6.45) is 5.49. The van der Waals surface area contributed by atoms with Gasteiger partial charge in [0.2, 0.25) is 0 Å². The maximum Gasteiger partial charge on any atom is 0.269 e. The van der Waals surface area contributed by atoms with Gasteiger partial charge in [0.1, 0.15) is 25.4 Å². The number of para-hydroxylation sites is 2. The molecule has 0 radical (unpaired) electrons. The molecule has 12 aromatic rings. The molecule has 0 atom stereocenters. The molecule has 0 saturated carbocycles. The number of fused-ring (bicyclic) bond motifs is 5. The third-order valence-corrected chi connectivity index (χ3v) is 17.7. The summed E-state index contributed by atoms with van der Waals surface area (Å²) in [5.41, 5.74) is 9.82. The molecule has 72 heavy (non-hydrogen) atoms. The first-order valence-electron chi connectivity index (χ1n) is 29.0. The number of hydrogen-bond acceptors (Lipinski definition) is 2. The molecule has 0 fully saturated rings. The van der Waals surface area contributed by atoms with Crippen molar-refractivity contribution in [3.63, 3.8) is 0 Å². The fourth-order valence-corrected chi connectivity index (χ4v) is 13.6. The summed E-state index contributed by atoms with van der Waals surface area (Å²) in [5, 5.41) is 4.28. The summed E-state index contributed by atoms with van der Waals surface area (Å²) in [7, 11) is -2.56. The lowest BCUT2D eigenvalue weighted by Gasteiger charge is -2.32. The van der Waals surface area contributed by atoms with Gasteiger partial charge in [-0.25, -0.2) is 4.98 Å². The quantitative estimate of drug-likeness (QED) is 0.0864. The van der Waals surface area contributed by atoms with Gasteiger partial charge in [0, 0.05) is 23.0 Å². The second kappa shape index (κ2) is 16.8. The molecule has 6 heteroatoms. The van der Waals surface area contributed by atoms with Gasteiger partial charge in [-0.1, -0.05) is 197 Å². The Bertz CT molecular complexity index is 4540. The molecular weight excluding hydrogens is 893 g/mol. The fourth-order valence-electron chi connectivity index (χ4n) is 10.6. The van der Waals surface area contributed by atoms with Crippen molar-refractivity contribution in [2.24, 2.45) is 0 Å². The molecular formula is C66H52N4OSi. The molecule has 1 aliphatic heterocycles. The third-order valence-electron chi connectivity index (χ3n) is 14.1. The van der Waals surface area contributed by atoms with E-state index in [1.54, 1.807) is 22.8 Å². The zero-order valence-corrected chi connectivity index (χ0v) is 41.3. The van der Waals surface area contributed by atoms with Gasteiger partial charge in [-0.2, -0.15) is 0 Å². The molecule has 0 bridgehead atoms. The fraction of sp³-hybridized carbons (Fsp3) is 0.0909. The van der Waals surface area contributed by atoms with Crippen molar-refractivity contribution in [2.45, 2.75) is 39.3 Å². The van der Waals surface area contributed by atoms with E-state index in [-0.39, 0.29) is 33.4 Å². The first-order valence-corrected chi connectivity index (χ1v) is 27.0. The van der Waals surface area contributed by atoms with Crippen molar-refractivity contribution >= 4 is 51.3 Å². The molecule has 4 heterocycles. The minimum absolute atomic E-state index is 0.115. The van der Waals surface area contributed by atoms with E-state index in [2.05, 4.69) is 142 Å². The number of pyridine rings is 1. The summed E-state index contributed by atoms with van der Waals surface area (Å²) in [6, 6.07) is 47.7. The third kappa shape index (κ3) is 7.12. The van der Waals surface area contributed by atoms with Crippen LogP contribution in [0.3, 0.4) is 0 Å². The van der Waals surface area contributed by atoms with Gasteiger partial charge in [0.05, 0.1) is 47.1 Å². The van der Waals surface area contributed by atoms with Gasteiger partial charge < -0.3 is 4.74 Å². The number of aromatic nitrogens is 4. The monoisotopic (exact) mass is 954 g/mol. The van der Waals surface area contributed by atoms with Gasteiger partial charge in [-0.05, 0) is 114 Å². The number of benzene rings is 9. The minimum Gasteiger partial charge on any atom is -0.458 e. The smallest absolute Gasteiger partial charge is 0.269 e. The van der Waals surface area contributed by atoms with Crippen LogP contribution in [0.15, 0.2) is 224 Å². The zero-order valence-electron chi connectivity index (χ0n) is 50.3. The molecule has 0 spiro atoms. The highest BCUT2D eigenvalue weighted by Gasteiger charge is 2.37. The van der Waals surface area contributed by atoms with E-state index in [4.69, 9.17) is 17.9 Å². The average Bonchev–Trinajstić information content (AvgIpc) is 2.52. The van der Waals surface area contributed by atoms with Crippen molar-refractivity contribution in [2.75, 3.05) is 0 Å². The van der Waals surface area contributed by atoms with E-state index < -0.39 is 68.5 Å². The van der Waals surface area contributed by atoms with Crippen LogP contribution in [0, 0.1) is 6.33 Å². The van der Waals surface area contributed by atoms with Gasteiger partial charge in [-0.15, -0.1) is 0 Å². The Morgan fingerprint density at radius 2 is 1.22 bits per heavy atom. The second-order valence-electron chi connectivity index (χ2n) is 19.9. The van der Waals surface area contributed by atoms with Crippen molar-refractivity contribution in [3.05, 3.63) is 236 Å². The minimum atomic E-state index is -2.56. The highest BCUT2D eigenvalue weighted by molar-refractivity contribution is 7.02. The van der Waals surface area contributed by atoms with Crippen LogP contribution >= 0.6 is 0 Å². The lowest BCUT2D eigenvalue weighted by atomic mass is 9.88. The van der Waals surface area contributed by atoms with Crippen molar-refractivity contribution in [3.8, 4) is 73.2 Å². The van der Waals surface area contributed by atoms with Crippen LogP contribution in [-0.4, -0.2) is 22.2 Å². The van der Waals surface area contributed by atoms with E-state index in [9.17, 15) is 5.48 Å². The van der Waals surface area contributed by atoms with E-state index in [0.29, 0.717) is 17.0 Å². The predicted molar refractivity (Wildman–Crippen MR) is 299 cm³/mol. The maximum atomic E-state index is 9.18. The van der Waals surface area contributed by atoms with Crippen LogP contribution in [0.25, 0.3) is 94.5 Å². The molecule has 0 aliphatic carbocycles. The molecule has 3 aromatic heterocycles. The lowest BCUT2D eigenvalue weighted by Crippen LogP contribution is -2.57. The normalized spacial score (nSPS) is 14.8. The summed E-state index contributed by atoms with van der Waals surface area (Å²) in [6.45, 7) is 11.2. The average molecular weight is 955 g/mol. The number of ether oxygens (including phenoxy) is 1. The number of rotatable bonds is 8. The van der Waals surface area contributed by atoms with Crippen LogP contribution in [0.1, 0.15) is 40.0 Å². The Hall–Kier alpha value is -8.58. The van der Waals surface area contributed by atoms with Gasteiger partial charge in [-0.3, -0.25) is 13.7 Å². The molecule has 346 valence electrons. The van der Waals surface area contributed by atoms with Crippen molar-refractivity contribution < 1.29 is 23.0 Å². The second-order valence-corrected chi connectivity index (χ2v) is 24.2. The summed E-state index contributed by atoms with van der Waals surface area (Å²) in [4.78, 5) is 5.05. The molecule has 9 aromatic carbocycles. The topological polar surface area (TPSA) is 35.9 Å². The Morgan fingerprint density at radius 3 is 1.92 bits per heavy atom. The first-order chi connectivity index (χ1) is 39.2. The largest absolute Gasteiger partial charge is 0.458 e. The highest BCUT2D eigenvalue weighted by atomic mass is 28.3. The van der Waals surface area contributed by atoms with E-state index in [0.717, 1.165) is 77.0 Å². The predicted octanol–water partition coefficient (Wildman–Crippen LogP) is 15.1. The Balaban J connectivity index is 1.03. The lowest BCUT2D eigenvalue weighted by molar-refractivity contribution is -0.571. The number of nitrogens with zero attached hydrogens (tertiary/aromatic N) is 4. The van der Waals surface area contributed by atoms with Crippen molar-refractivity contribution in [1.82, 2.24) is 14.1 Å². The van der Waals surface area contributed by atoms with Crippen LogP contribution in [0.5, 0.6) is 11.5 Å². The Labute approximate surface area is 435 Å². The maximum absolute atomic E-state index is 9.18. The molecule has 0 saturated heterocycles. The van der Waals surface area contributed by atoms with E-state index in [1.165, 1.54) is 0 Å². The van der Waals surface area contributed by atoms with Gasteiger partial charge >= 0.3 is 0 Å². The molecule has 0 amide bonds. The Kier molecular flexibility index (Phi) is 7.90. The van der Waals surface area contributed by atoms with Crippen LogP contribution in [0.4, 0.5) is 0 Å². The molecule has 13 rings (SSSR count). The van der Waals surface area contributed by atoms with Crippen LogP contribution in [-0.2, 0) is 5.41 Å². The SMILES string of the molecule is [2H]c1c([2H])c([2H])c(-c2cccc(-c3c([2H])c([2H])c([2H])c([2H])c3[2H])c2-[n+]2[c-]n3c4c(cccc42)[Si](C)(C)c2ccc(Oc4ccc5c6c(-c7ccccc7)cc(-c7ccccc7)cc6n(-c6cc(C(C)(C)C)ccn6)c5c4)cc2-3)c([2H])c1[2H]. The van der Waals surface area contributed by atoms with Gasteiger partial charge in [0.25, 0.3) is 6.33 Å². The summed E-state index contributed by atoms with van der Waals surface area (Å²) in [5.74, 6) is 1.92. The number of imidazole rings is 1. The zero-order chi connectivity index (χ0) is 57.4. The van der Waals surface area contributed by atoms with Gasteiger partial charge in [0.15, 0.2) is 0 Å². The Morgan fingerprint density at radius 1 is 0.569 bits per heavy atom. The van der Waals surface area contributed by atoms with Crippen molar-refractivity contribution in [1.29, 1.82) is 0 Å². The first kappa shape index (κ1) is 33.9. The molecule has 5 nitrogen and oxygen atoms in total. The summed E-state index contributed by atoms with van der Waals surface area (Å²) < 4.78 is 101. The summed E-state index contributed by atoms with van der Waals surface area (Å²) >= 11 is 0. The van der Waals surface area contributed by atoms with E-state index in [1.807, 2.05) is 53.2 Å². The standard InChI is InChI=1S/C66H52N4OSi/c1-66(2,3)49-36-37-67-62(40-49)70-57-41-50(32-34-54(57)63-55(47-26-16-9-17-27-47)38-48(39-59(63)70)44-20-10-6-11-21-44)71-51-33-35-60-58(42-51)69-43-68(56-30-19-31-61(65(56)69)72(60,4)5)64-52(45-22-12-7-13-23-45)28-18-29-53(64)46-24-14-8-15-25-46/h6-42H,1-5H3/i7D,8D,12D,13D,14D,15D,22D,23D,24D,25D. The molecule has 0 N–H and O–H groups in total. The van der Waals surface area contributed by atoms with E-state index >= 15 is 0 Å². The molecule has 1 aliphatic rings. The molecule has 0 unspecified atom stereocenters. The van der Waals surface area contributed by atoms with Crippen LogP contribution < -0.4 is 19.7 Å². The number of hydrogen-bond donors (Lipinski definition) is 0. The van der Waals surface area contributed by atoms with Crippen LogP contribution in [0.2, 0.25) is 13.1 Å². The highest BCUT2D eigenvalue weighted by Crippen LogP contribution is 2.44.